The molecule has 0 aromatic heterocycles. The highest BCUT2D eigenvalue weighted by atomic mass is 16.4. The minimum atomic E-state index is -0.989. The van der Waals surface area contributed by atoms with E-state index in [4.69, 9.17) is 5.11 Å². The topological polar surface area (TPSA) is 66.4 Å². The van der Waals surface area contributed by atoms with Gasteiger partial charge >= 0.3 is 5.97 Å². The van der Waals surface area contributed by atoms with Gasteiger partial charge in [-0.05, 0) is 44.9 Å². The van der Waals surface area contributed by atoms with Crippen LogP contribution >= 0.6 is 0 Å². The van der Waals surface area contributed by atoms with Gasteiger partial charge in [0.15, 0.2) is 0 Å². The molecule has 88 valence electrons. The molecule has 0 heterocycles. The summed E-state index contributed by atoms with van der Waals surface area (Å²) in [5.41, 5.74) is 0.0783. The molecule has 0 spiro atoms. The van der Waals surface area contributed by atoms with Crippen LogP contribution < -0.4 is 5.32 Å². The first-order valence-corrected chi connectivity index (χ1v) is 5.77. The largest absolute Gasteiger partial charge is 0.480 e. The fraction of sp³-hybridized carbons (Fsp3) is 0.667. The number of aliphatic carboxylic acids is 1. The third-order valence-corrected chi connectivity index (χ3v) is 3.56. The molecule has 0 aromatic carbocycles. The molecule has 2 saturated carbocycles. The van der Waals surface area contributed by atoms with Crippen LogP contribution in [0.4, 0.5) is 0 Å². The molecular formula is C12H17NO3. The Morgan fingerprint density at radius 2 is 2.00 bits per heavy atom. The van der Waals surface area contributed by atoms with Crippen molar-refractivity contribution in [3.8, 4) is 0 Å². The number of carbonyl (C=O) groups is 2. The zero-order valence-corrected chi connectivity index (χ0v) is 9.45. The van der Waals surface area contributed by atoms with Crippen molar-refractivity contribution < 1.29 is 14.7 Å². The van der Waals surface area contributed by atoms with Crippen LogP contribution in [-0.4, -0.2) is 22.5 Å². The number of hydrogen-bond donors (Lipinski definition) is 2. The van der Waals surface area contributed by atoms with E-state index >= 15 is 0 Å². The van der Waals surface area contributed by atoms with Crippen LogP contribution in [0, 0.1) is 5.92 Å². The number of carboxylic acid groups (broad SMARTS) is 1. The van der Waals surface area contributed by atoms with Crippen LogP contribution in [0.1, 0.15) is 39.0 Å². The van der Waals surface area contributed by atoms with Gasteiger partial charge in [0.05, 0.1) is 0 Å². The van der Waals surface area contributed by atoms with Crippen molar-refractivity contribution in [2.45, 2.75) is 44.6 Å². The van der Waals surface area contributed by atoms with Crippen LogP contribution in [-0.2, 0) is 9.59 Å². The Hall–Kier alpha value is -1.32. The Balaban J connectivity index is 1.95. The summed E-state index contributed by atoms with van der Waals surface area (Å²) < 4.78 is 0. The van der Waals surface area contributed by atoms with E-state index in [-0.39, 0.29) is 5.91 Å². The van der Waals surface area contributed by atoms with Crippen molar-refractivity contribution in [3.05, 3.63) is 11.6 Å². The van der Waals surface area contributed by atoms with Crippen molar-refractivity contribution in [1.29, 1.82) is 0 Å². The van der Waals surface area contributed by atoms with E-state index < -0.39 is 11.5 Å². The molecule has 4 heteroatoms. The Kier molecular flexibility index (Phi) is 2.74. The summed E-state index contributed by atoms with van der Waals surface area (Å²) in [6.45, 7) is 1.94. The van der Waals surface area contributed by atoms with Crippen LogP contribution in [0.15, 0.2) is 11.6 Å². The summed E-state index contributed by atoms with van der Waals surface area (Å²) in [6.07, 6.45) is 5.83. The lowest BCUT2D eigenvalue weighted by Crippen LogP contribution is -2.58. The molecule has 1 amide bonds. The van der Waals surface area contributed by atoms with Crippen LogP contribution in [0.3, 0.4) is 0 Å². The maximum absolute atomic E-state index is 11.6. The van der Waals surface area contributed by atoms with Gasteiger partial charge in [-0.25, -0.2) is 4.79 Å². The van der Waals surface area contributed by atoms with Gasteiger partial charge in [-0.1, -0.05) is 5.57 Å². The minimum absolute atomic E-state index is 0.258. The monoisotopic (exact) mass is 223 g/mol. The average Bonchev–Trinajstić information content (AvgIpc) is 2.93. The van der Waals surface area contributed by atoms with Crippen LogP contribution in [0.5, 0.6) is 0 Å². The lowest BCUT2D eigenvalue weighted by Gasteiger charge is -2.37. The van der Waals surface area contributed by atoms with Crippen LogP contribution in [0.25, 0.3) is 0 Å². The number of rotatable bonds is 4. The first kappa shape index (κ1) is 11.2. The van der Waals surface area contributed by atoms with Gasteiger partial charge in [0.2, 0.25) is 5.91 Å². The molecule has 0 aliphatic heterocycles. The molecule has 4 nitrogen and oxygen atoms in total. The molecule has 0 aromatic rings. The summed E-state index contributed by atoms with van der Waals surface area (Å²) in [4.78, 5) is 22.7. The Bertz CT molecular complexity index is 351. The quantitative estimate of drug-likeness (QED) is 0.709. The molecular weight excluding hydrogens is 206 g/mol. The van der Waals surface area contributed by atoms with Crippen LogP contribution in [0.2, 0.25) is 0 Å². The summed E-state index contributed by atoms with van der Waals surface area (Å²) in [7, 11) is 0. The summed E-state index contributed by atoms with van der Waals surface area (Å²) in [5, 5.41) is 11.7. The van der Waals surface area contributed by atoms with E-state index in [1.807, 2.05) is 6.92 Å². The molecule has 0 radical (unpaired) electrons. The van der Waals surface area contributed by atoms with Gasteiger partial charge < -0.3 is 10.4 Å². The summed E-state index contributed by atoms with van der Waals surface area (Å²) in [5.74, 6) is -0.621. The molecule has 2 N–H and O–H groups in total. The second-order valence-electron chi connectivity index (χ2n) is 4.89. The number of hydrogen-bond acceptors (Lipinski definition) is 2. The normalized spacial score (nSPS) is 23.4. The number of nitrogens with one attached hydrogen (secondary N) is 1. The first-order chi connectivity index (χ1) is 7.53. The number of allylic oxidation sites excluding steroid dienone is 1. The van der Waals surface area contributed by atoms with E-state index in [2.05, 4.69) is 5.32 Å². The molecule has 2 aliphatic rings. The molecule has 2 aliphatic carbocycles. The molecule has 16 heavy (non-hydrogen) atoms. The van der Waals surface area contributed by atoms with Gasteiger partial charge in [-0.15, -0.1) is 0 Å². The maximum atomic E-state index is 11.6. The standard InChI is InChI=1S/C12H17NO3/c1-8(9-3-4-9)7-10(14)13-12(11(15)16)5-2-6-12/h7,9H,2-6H2,1H3,(H,13,14)(H,15,16). The minimum Gasteiger partial charge on any atom is -0.480 e. The maximum Gasteiger partial charge on any atom is 0.329 e. The fourth-order valence-corrected chi connectivity index (χ4v) is 2.06. The smallest absolute Gasteiger partial charge is 0.329 e. The molecule has 2 rings (SSSR count). The highest BCUT2D eigenvalue weighted by molar-refractivity contribution is 5.94. The zero-order chi connectivity index (χ0) is 11.8. The van der Waals surface area contributed by atoms with Gasteiger partial charge in [0.1, 0.15) is 5.54 Å². The molecule has 0 unspecified atom stereocenters. The molecule has 0 bridgehead atoms. The van der Waals surface area contributed by atoms with Gasteiger partial charge in [0.25, 0.3) is 0 Å². The van der Waals surface area contributed by atoms with E-state index in [0.29, 0.717) is 18.8 Å². The van der Waals surface area contributed by atoms with Crippen molar-refractivity contribution in [2.75, 3.05) is 0 Å². The van der Waals surface area contributed by atoms with Gasteiger partial charge in [0, 0.05) is 6.08 Å². The second-order valence-corrected chi connectivity index (χ2v) is 4.89. The lowest BCUT2D eigenvalue weighted by atomic mass is 9.76. The highest BCUT2D eigenvalue weighted by Crippen LogP contribution is 2.36. The predicted octanol–water partition coefficient (Wildman–Crippen LogP) is 1.47. The zero-order valence-electron chi connectivity index (χ0n) is 9.45. The van der Waals surface area contributed by atoms with Crippen molar-refractivity contribution in [2.24, 2.45) is 5.92 Å². The molecule has 0 saturated heterocycles. The average molecular weight is 223 g/mol. The summed E-state index contributed by atoms with van der Waals surface area (Å²) in [6, 6.07) is 0. The predicted molar refractivity (Wildman–Crippen MR) is 58.8 cm³/mol. The Morgan fingerprint density at radius 3 is 2.38 bits per heavy atom. The van der Waals surface area contributed by atoms with Crippen molar-refractivity contribution >= 4 is 11.9 Å². The third-order valence-electron chi connectivity index (χ3n) is 3.56. The Labute approximate surface area is 94.7 Å². The first-order valence-electron chi connectivity index (χ1n) is 5.77. The second kappa shape index (κ2) is 3.92. The number of carbonyl (C=O) groups excluding carboxylic acids is 1. The van der Waals surface area contributed by atoms with E-state index in [0.717, 1.165) is 24.8 Å². The fourth-order valence-electron chi connectivity index (χ4n) is 2.06. The highest BCUT2D eigenvalue weighted by Gasteiger charge is 2.45. The van der Waals surface area contributed by atoms with E-state index in [1.54, 1.807) is 6.08 Å². The van der Waals surface area contributed by atoms with Gasteiger partial charge in [-0.3, -0.25) is 4.79 Å². The van der Waals surface area contributed by atoms with Crippen molar-refractivity contribution in [1.82, 2.24) is 5.32 Å². The van der Waals surface area contributed by atoms with Crippen molar-refractivity contribution in [3.63, 3.8) is 0 Å². The Morgan fingerprint density at radius 1 is 1.38 bits per heavy atom. The van der Waals surface area contributed by atoms with E-state index in [9.17, 15) is 9.59 Å². The van der Waals surface area contributed by atoms with Gasteiger partial charge in [-0.2, -0.15) is 0 Å². The molecule has 0 atom stereocenters. The SMILES string of the molecule is CC(=CC(=O)NC1(C(=O)O)CCC1)C1CC1. The summed E-state index contributed by atoms with van der Waals surface area (Å²) >= 11 is 0. The van der Waals surface area contributed by atoms with E-state index in [1.165, 1.54) is 0 Å². The molecule has 2 fully saturated rings. The number of carboxylic acids is 1. The lowest BCUT2D eigenvalue weighted by molar-refractivity contribution is -0.151. The third kappa shape index (κ3) is 2.10. The number of amides is 1.